The van der Waals surface area contributed by atoms with Crippen molar-refractivity contribution in [2.24, 2.45) is 5.92 Å². The summed E-state index contributed by atoms with van der Waals surface area (Å²) in [4.78, 5) is 0. The van der Waals surface area contributed by atoms with Gasteiger partial charge in [-0.15, -0.1) is 0 Å². The molecule has 1 aliphatic carbocycles. The van der Waals surface area contributed by atoms with Crippen LogP contribution in [0, 0.1) is 5.92 Å². The zero-order chi connectivity index (χ0) is 12.1. The maximum atomic E-state index is 8.95. The Labute approximate surface area is 105 Å². The minimum absolute atomic E-state index is 0.243. The van der Waals surface area contributed by atoms with Gasteiger partial charge >= 0.3 is 0 Å². The summed E-state index contributed by atoms with van der Waals surface area (Å²) in [6.07, 6.45) is 9.51. The van der Waals surface area contributed by atoms with Crippen LogP contribution in [0.2, 0.25) is 0 Å². The highest BCUT2D eigenvalue weighted by atomic mass is 16.5. The molecule has 2 N–H and O–H groups in total. The summed E-state index contributed by atoms with van der Waals surface area (Å²) in [7, 11) is 0. The van der Waals surface area contributed by atoms with Crippen LogP contribution in [0.5, 0.6) is 0 Å². The Morgan fingerprint density at radius 1 is 1.29 bits per heavy atom. The van der Waals surface area contributed by atoms with Crippen molar-refractivity contribution < 1.29 is 9.84 Å². The van der Waals surface area contributed by atoms with Crippen molar-refractivity contribution >= 4 is 0 Å². The molecule has 2 rings (SSSR count). The van der Waals surface area contributed by atoms with Crippen LogP contribution >= 0.6 is 0 Å². The molecule has 1 saturated heterocycles. The first-order valence-corrected chi connectivity index (χ1v) is 7.23. The highest BCUT2D eigenvalue weighted by molar-refractivity contribution is 4.91. The molecular formula is C14H27NO2. The van der Waals surface area contributed by atoms with E-state index in [0.29, 0.717) is 12.0 Å². The summed E-state index contributed by atoms with van der Waals surface area (Å²) < 4.78 is 6.28. The van der Waals surface area contributed by atoms with Crippen LogP contribution < -0.4 is 5.32 Å². The molecule has 1 heterocycles. The Bertz CT molecular complexity index is 226. The fraction of sp³-hybridized carbons (Fsp3) is 1.00. The summed E-state index contributed by atoms with van der Waals surface area (Å²) in [6.45, 7) is 4.17. The van der Waals surface area contributed by atoms with Gasteiger partial charge in [-0.25, -0.2) is 0 Å². The van der Waals surface area contributed by atoms with Crippen molar-refractivity contribution in [1.82, 2.24) is 5.32 Å². The third-order valence-corrected chi connectivity index (χ3v) is 4.28. The normalized spacial score (nSPS) is 29.6. The fourth-order valence-corrected chi connectivity index (χ4v) is 3.16. The molecule has 2 aliphatic rings. The van der Waals surface area contributed by atoms with Crippen LogP contribution in [0.4, 0.5) is 0 Å². The predicted molar refractivity (Wildman–Crippen MR) is 69.0 cm³/mol. The second-order valence-corrected chi connectivity index (χ2v) is 5.97. The maximum Gasteiger partial charge on any atom is 0.0708 e. The quantitative estimate of drug-likeness (QED) is 0.774. The van der Waals surface area contributed by atoms with E-state index in [-0.39, 0.29) is 12.2 Å². The molecule has 1 aliphatic heterocycles. The number of hydrogen-bond donors (Lipinski definition) is 2. The van der Waals surface area contributed by atoms with Crippen LogP contribution in [0.3, 0.4) is 0 Å². The van der Waals surface area contributed by atoms with Crippen molar-refractivity contribution in [3.8, 4) is 0 Å². The maximum absolute atomic E-state index is 8.95. The Morgan fingerprint density at radius 3 is 2.76 bits per heavy atom. The molecule has 0 aromatic heterocycles. The highest BCUT2D eigenvalue weighted by Crippen LogP contribution is 2.41. The number of hydrogen-bond acceptors (Lipinski definition) is 3. The molecule has 17 heavy (non-hydrogen) atoms. The lowest BCUT2D eigenvalue weighted by atomic mass is 9.83. The lowest BCUT2D eigenvalue weighted by Crippen LogP contribution is -2.35. The van der Waals surface area contributed by atoms with Gasteiger partial charge in [0.2, 0.25) is 0 Å². The van der Waals surface area contributed by atoms with Gasteiger partial charge in [0.1, 0.15) is 0 Å². The van der Waals surface area contributed by atoms with Crippen molar-refractivity contribution in [3.63, 3.8) is 0 Å². The van der Waals surface area contributed by atoms with E-state index in [9.17, 15) is 0 Å². The van der Waals surface area contributed by atoms with E-state index in [1.165, 1.54) is 44.9 Å². The van der Waals surface area contributed by atoms with Gasteiger partial charge in [-0.2, -0.15) is 0 Å². The minimum Gasteiger partial charge on any atom is -0.396 e. The van der Waals surface area contributed by atoms with Crippen molar-refractivity contribution in [2.75, 3.05) is 19.7 Å². The van der Waals surface area contributed by atoms with Gasteiger partial charge in [0.25, 0.3) is 0 Å². The molecule has 3 nitrogen and oxygen atoms in total. The van der Waals surface area contributed by atoms with Gasteiger partial charge in [0.05, 0.1) is 11.7 Å². The van der Waals surface area contributed by atoms with Crippen LogP contribution in [0.1, 0.15) is 51.9 Å². The highest BCUT2D eigenvalue weighted by Gasteiger charge is 2.40. The van der Waals surface area contributed by atoms with E-state index in [1.54, 1.807) is 0 Å². The second-order valence-electron chi connectivity index (χ2n) is 5.97. The molecule has 3 heteroatoms. The first-order valence-electron chi connectivity index (χ1n) is 7.23. The summed E-state index contributed by atoms with van der Waals surface area (Å²) in [6, 6.07) is 0. The van der Waals surface area contributed by atoms with Crippen LogP contribution in [0.25, 0.3) is 0 Å². The number of aliphatic hydroxyl groups is 1. The van der Waals surface area contributed by atoms with E-state index in [4.69, 9.17) is 9.84 Å². The number of aliphatic hydroxyl groups excluding tert-OH is 1. The average Bonchev–Trinajstić information content (AvgIpc) is 2.73. The smallest absolute Gasteiger partial charge is 0.0708 e. The van der Waals surface area contributed by atoms with Crippen molar-refractivity contribution in [2.45, 2.75) is 63.6 Å². The lowest BCUT2D eigenvalue weighted by molar-refractivity contribution is -0.0625. The third-order valence-electron chi connectivity index (χ3n) is 4.28. The Morgan fingerprint density at radius 2 is 2.06 bits per heavy atom. The lowest BCUT2D eigenvalue weighted by Gasteiger charge is -2.33. The van der Waals surface area contributed by atoms with Gasteiger partial charge in [-0.3, -0.25) is 0 Å². The van der Waals surface area contributed by atoms with Gasteiger partial charge in [0, 0.05) is 13.2 Å². The first kappa shape index (κ1) is 13.3. The standard InChI is InChI=1S/C14H27NO2/c1-12(11-16)9-15-10-13-5-8-14(17-13)6-3-2-4-7-14/h12-13,15-16H,2-11H2,1H3. The molecule has 2 unspecified atom stereocenters. The molecule has 0 amide bonds. The van der Waals surface area contributed by atoms with Crippen LogP contribution in [-0.4, -0.2) is 36.5 Å². The summed E-state index contributed by atoms with van der Waals surface area (Å²) in [5.41, 5.74) is 0.243. The van der Waals surface area contributed by atoms with Crippen LogP contribution in [0.15, 0.2) is 0 Å². The molecule has 0 bridgehead atoms. The minimum atomic E-state index is 0.243. The summed E-state index contributed by atoms with van der Waals surface area (Å²) >= 11 is 0. The SMILES string of the molecule is CC(CO)CNCC1CCC2(CCCCC2)O1. The van der Waals surface area contributed by atoms with E-state index in [1.807, 2.05) is 0 Å². The van der Waals surface area contributed by atoms with Gasteiger partial charge in [-0.1, -0.05) is 26.2 Å². The molecule has 1 spiro atoms. The Kier molecular flexibility index (Phi) is 4.83. The largest absolute Gasteiger partial charge is 0.396 e. The predicted octanol–water partition coefficient (Wildman–Crippen LogP) is 2.09. The van der Waals surface area contributed by atoms with E-state index in [0.717, 1.165) is 13.1 Å². The first-order chi connectivity index (χ1) is 8.24. The third kappa shape index (κ3) is 3.67. The molecular weight excluding hydrogens is 214 g/mol. The second kappa shape index (κ2) is 6.17. The molecule has 0 aromatic carbocycles. The molecule has 0 aromatic rings. The topological polar surface area (TPSA) is 41.5 Å². The molecule has 1 saturated carbocycles. The van der Waals surface area contributed by atoms with Crippen LogP contribution in [-0.2, 0) is 4.74 Å². The van der Waals surface area contributed by atoms with Crippen molar-refractivity contribution in [1.29, 1.82) is 0 Å². The number of rotatable bonds is 5. The zero-order valence-electron chi connectivity index (χ0n) is 11.1. The van der Waals surface area contributed by atoms with E-state index < -0.39 is 0 Å². The van der Waals surface area contributed by atoms with Gasteiger partial charge < -0.3 is 15.2 Å². The summed E-state index contributed by atoms with van der Waals surface area (Å²) in [5, 5.41) is 12.4. The fourth-order valence-electron chi connectivity index (χ4n) is 3.16. The van der Waals surface area contributed by atoms with Gasteiger partial charge in [-0.05, 0) is 38.1 Å². The zero-order valence-corrected chi connectivity index (χ0v) is 11.1. The van der Waals surface area contributed by atoms with E-state index >= 15 is 0 Å². The van der Waals surface area contributed by atoms with Gasteiger partial charge in [0.15, 0.2) is 0 Å². The van der Waals surface area contributed by atoms with E-state index in [2.05, 4.69) is 12.2 Å². The molecule has 0 radical (unpaired) electrons. The Hall–Kier alpha value is -0.120. The number of ether oxygens (including phenoxy) is 1. The van der Waals surface area contributed by atoms with Crippen molar-refractivity contribution in [3.05, 3.63) is 0 Å². The monoisotopic (exact) mass is 241 g/mol. The summed E-state index contributed by atoms with van der Waals surface area (Å²) in [5.74, 6) is 0.347. The Balaban J connectivity index is 1.67. The number of nitrogens with one attached hydrogen (secondary N) is 1. The molecule has 100 valence electrons. The molecule has 2 atom stereocenters. The average molecular weight is 241 g/mol. The molecule has 2 fully saturated rings.